The lowest BCUT2D eigenvalue weighted by Gasteiger charge is -2.42. The molecule has 3 nitrogen and oxygen atoms in total. The van der Waals surface area contributed by atoms with Crippen LogP contribution in [0, 0.1) is 10.1 Å². The molecule has 3 atom stereocenters. The number of alkyl halides is 6. The van der Waals surface area contributed by atoms with E-state index < -0.39 is 23.4 Å². The molecule has 1 aliphatic carbocycles. The maximum absolute atomic E-state index is 10.8. The highest BCUT2D eigenvalue weighted by Gasteiger charge is 2.71. The van der Waals surface area contributed by atoms with Crippen LogP contribution in [0.4, 0.5) is 0 Å². The molecule has 0 saturated carbocycles. The molecule has 0 N–H and O–H groups in total. The third kappa shape index (κ3) is 1.87. The van der Waals surface area contributed by atoms with Crippen LogP contribution in [-0.4, -0.2) is 23.4 Å². The Morgan fingerprint density at radius 2 is 1.80 bits per heavy atom. The fourth-order valence-corrected chi connectivity index (χ4v) is 2.97. The van der Waals surface area contributed by atoms with Gasteiger partial charge in [-0.1, -0.05) is 56.8 Å². The molecule has 0 saturated heterocycles. The van der Waals surface area contributed by atoms with Crippen molar-refractivity contribution >= 4 is 73.9 Å². The van der Waals surface area contributed by atoms with Gasteiger partial charge in [0, 0.05) is 6.08 Å². The minimum absolute atomic E-state index is 0.797. The van der Waals surface area contributed by atoms with E-state index in [-0.39, 0.29) is 0 Å². The summed E-state index contributed by atoms with van der Waals surface area (Å²) in [5.41, 5.74) is 0. The van der Waals surface area contributed by atoms with Crippen molar-refractivity contribution < 1.29 is 4.92 Å². The SMILES string of the molecule is O=[N+]([O-])C1(Cl)C=CC(Cl)C(Cl)(Cl)C1(Cl)Br. The minimum Gasteiger partial charge on any atom is -0.262 e. The zero-order chi connectivity index (χ0) is 12.1. The molecule has 0 amide bonds. The van der Waals surface area contributed by atoms with Gasteiger partial charge in [-0.15, -0.1) is 11.6 Å². The number of nitrogens with zero attached hydrogens (tertiary/aromatic N) is 1. The van der Waals surface area contributed by atoms with Crippen molar-refractivity contribution in [3.8, 4) is 0 Å². The molecule has 0 aromatic carbocycles. The first-order valence-corrected chi connectivity index (χ1v) is 6.24. The van der Waals surface area contributed by atoms with E-state index in [0.29, 0.717) is 0 Å². The third-order valence-corrected chi connectivity index (χ3v) is 7.03. The van der Waals surface area contributed by atoms with Crippen molar-refractivity contribution in [2.45, 2.75) is 18.5 Å². The Bertz CT molecular complexity index is 333. The van der Waals surface area contributed by atoms with Crippen molar-refractivity contribution in [3.05, 3.63) is 22.3 Å². The summed E-state index contributed by atoms with van der Waals surface area (Å²) >= 11 is 32.0. The molecule has 0 heterocycles. The second-order valence-electron chi connectivity index (χ2n) is 2.89. The second kappa shape index (κ2) is 4.07. The molecule has 0 aromatic heterocycles. The molecule has 0 radical (unpaired) electrons. The van der Waals surface area contributed by atoms with Gasteiger partial charge < -0.3 is 0 Å². The largest absolute Gasteiger partial charge is 0.345 e. The highest BCUT2D eigenvalue weighted by Crippen LogP contribution is 2.59. The average molecular weight is 378 g/mol. The van der Waals surface area contributed by atoms with Crippen LogP contribution in [0.1, 0.15) is 0 Å². The first-order valence-electron chi connectivity index (χ1n) is 3.50. The van der Waals surface area contributed by atoms with E-state index in [4.69, 9.17) is 58.0 Å². The quantitative estimate of drug-likeness (QED) is 0.229. The van der Waals surface area contributed by atoms with Gasteiger partial charge in [-0.25, -0.2) is 0 Å². The smallest absolute Gasteiger partial charge is 0.262 e. The van der Waals surface area contributed by atoms with E-state index in [0.717, 1.165) is 6.08 Å². The van der Waals surface area contributed by atoms with Crippen LogP contribution in [-0.2, 0) is 0 Å². The van der Waals surface area contributed by atoms with E-state index in [1.54, 1.807) is 0 Å². The standard InChI is InChI=1S/C6H3BrCl5NO2/c7-6(12)4(9,13(14)15)2-1-3(8)5(6,10)11/h1-3H. The predicted molar refractivity (Wildman–Crippen MR) is 66.3 cm³/mol. The molecule has 0 aromatic rings. The Morgan fingerprint density at radius 1 is 1.33 bits per heavy atom. The van der Waals surface area contributed by atoms with Crippen LogP contribution in [0.5, 0.6) is 0 Å². The lowest BCUT2D eigenvalue weighted by molar-refractivity contribution is -0.530. The Kier molecular flexibility index (Phi) is 3.84. The van der Waals surface area contributed by atoms with Gasteiger partial charge in [-0.2, -0.15) is 0 Å². The number of rotatable bonds is 1. The van der Waals surface area contributed by atoms with Gasteiger partial charge >= 0.3 is 5.00 Å². The monoisotopic (exact) mass is 375 g/mol. The predicted octanol–water partition coefficient (Wildman–Crippen LogP) is 3.88. The van der Waals surface area contributed by atoms with Crippen LogP contribution in [0.15, 0.2) is 12.2 Å². The molecule has 86 valence electrons. The van der Waals surface area contributed by atoms with E-state index >= 15 is 0 Å². The summed E-state index contributed by atoms with van der Waals surface area (Å²) in [5.74, 6) is 0. The molecule has 0 spiro atoms. The van der Waals surface area contributed by atoms with Gasteiger partial charge in [0.1, 0.15) is 0 Å². The van der Waals surface area contributed by atoms with Gasteiger partial charge in [-0.05, 0) is 11.6 Å². The Balaban J connectivity index is 3.37. The van der Waals surface area contributed by atoms with Crippen molar-refractivity contribution in [1.29, 1.82) is 0 Å². The number of allylic oxidation sites excluding steroid dienone is 1. The van der Waals surface area contributed by atoms with Crippen LogP contribution >= 0.6 is 73.9 Å². The fraction of sp³-hybridized carbons (Fsp3) is 0.667. The lowest BCUT2D eigenvalue weighted by atomic mass is 10.0. The molecule has 0 aliphatic heterocycles. The van der Waals surface area contributed by atoms with E-state index in [1.807, 2.05) is 0 Å². The molecule has 3 unspecified atom stereocenters. The van der Waals surface area contributed by atoms with E-state index in [2.05, 4.69) is 15.9 Å². The minimum atomic E-state index is -2.16. The normalized spacial score (nSPS) is 44.0. The molecule has 15 heavy (non-hydrogen) atoms. The number of hydrogen-bond donors (Lipinski definition) is 0. The van der Waals surface area contributed by atoms with Crippen molar-refractivity contribution in [2.24, 2.45) is 0 Å². The summed E-state index contributed by atoms with van der Waals surface area (Å²) in [4.78, 5) is 7.87. The maximum Gasteiger partial charge on any atom is 0.345 e. The van der Waals surface area contributed by atoms with E-state index in [9.17, 15) is 10.1 Å². The molecule has 1 aliphatic rings. The fourth-order valence-electron chi connectivity index (χ4n) is 1.02. The number of hydrogen-bond acceptors (Lipinski definition) is 2. The molecular weight excluding hydrogens is 375 g/mol. The first-order chi connectivity index (χ1) is 6.57. The van der Waals surface area contributed by atoms with Gasteiger partial charge in [-0.3, -0.25) is 10.1 Å². The molecular formula is C6H3BrCl5NO2. The van der Waals surface area contributed by atoms with Crippen molar-refractivity contribution in [2.75, 3.05) is 0 Å². The number of nitro groups is 1. The third-order valence-electron chi connectivity index (χ3n) is 1.96. The van der Waals surface area contributed by atoms with Gasteiger partial charge in [0.2, 0.25) is 3.78 Å². The summed E-state index contributed by atoms with van der Waals surface area (Å²) in [7, 11) is 0. The summed E-state index contributed by atoms with van der Waals surface area (Å²) in [6.45, 7) is 0. The van der Waals surface area contributed by atoms with Crippen molar-refractivity contribution in [1.82, 2.24) is 0 Å². The van der Waals surface area contributed by atoms with Gasteiger partial charge in [0.15, 0.2) is 4.33 Å². The van der Waals surface area contributed by atoms with Crippen LogP contribution in [0.25, 0.3) is 0 Å². The Hall–Kier alpha value is 1.07. The highest BCUT2D eigenvalue weighted by molar-refractivity contribution is 9.10. The van der Waals surface area contributed by atoms with Gasteiger partial charge in [0.05, 0.1) is 10.3 Å². The van der Waals surface area contributed by atoms with Crippen LogP contribution in [0.2, 0.25) is 0 Å². The average Bonchev–Trinajstić information content (AvgIpc) is 2.10. The molecule has 1 rings (SSSR count). The summed E-state index contributed by atoms with van der Waals surface area (Å²) in [5, 5.41) is 9.94. The summed E-state index contributed by atoms with van der Waals surface area (Å²) < 4.78 is -3.73. The van der Waals surface area contributed by atoms with Crippen LogP contribution in [0.3, 0.4) is 0 Å². The number of halogens is 6. The van der Waals surface area contributed by atoms with Crippen molar-refractivity contribution in [3.63, 3.8) is 0 Å². The topological polar surface area (TPSA) is 43.1 Å². The lowest BCUT2D eigenvalue weighted by Crippen LogP contribution is -2.61. The molecule has 0 fully saturated rings. The molecule has 0 bridgehead atoms. The van der Waals surface area contributed by atoms with Crippen LogP contribution < -0.4 is 0 Å². The van der Waals surface area contributed by atoms with Gasteiger partial charge in [0.25, 0.3) is 0 Å². The first kappa shape index (κ1) is 14.1. The second-order valence-corrected chi connectivity index (χ2v) is 7.53. The zero-order valence-corrected chi connectivity index (χ0v) is 12.1. The maximum atomic E-state index is 10.8. The zero-order valence-electron chi connectivity index (χ0n) is 6.76. The Morgan fingerprint density at radius 3 is 2.20 bits per heavy atom. The molecule has 9 heteroatoms. The summed E-state index contributed by atoms with van der Waals surface area (Å²) in [6.07, 6.45) is 2.29. The highest BCUT2D eigenvalue weighted by atomic mass is 79.9. The van der Waals surface area contributed by atoms with E-state index in [1.165, 1.54) is 6.08 Å². The Labute approximate surface area is 119 Å². The summed E-state index contributed by atoms with van der Waals surface area (Å²) in [6, 6.07) is 0.